The second-order valence-electron chi connectivity index (χ2n) is 5.49. The highest BCUT2D eigenvalue weighted by molar-refractivity contribution is 5.80. The van der Waals surface area contributed by atoms with E-state index >= 15 is 0 Å². The molecule has 0 radical (unpaired) electrons. The zero-order valence-corrected chi connectivity index (χ0v) is 11.7. The number of allylic oxidation sites excluding steroid dienone is 1. The Balaban J connectivity index is 2.02. The predicted molar refractivity (Wildman–Crippen MR) is 78.5 cm³/mol. The molecule has 2 aromatic carbocycles. The first-order valence-corrected chi connectivity index (χ1v) is 6.95. The van der Waals surface area contributed by atoms with E-state index in [2.05, 4.69) is 0 Å². The van der Waals surface area contributed by atoms with Crippen LogP contribution in [-0.4, -0.2) is 11.1 Å². The van der Waals surface area contributed by atoms with Crippen LogP contribution in [0.15, 0.2) is 60.7 Å². The van der Waals surface area contributed by atoms with Crippen LogP contribution in [0, 0.1) is 17.6 Å². The monoisotopic (exact) mass is 300 g/mol. The second-order valence-corrected chi connectivity index (χ2v) is 5.49. The molecule has 1 aliphatic rings. The maximum Gasteiger partial charge on any atom is 0.327 e. The maximum absolute atomic E-state index is 13.2. The summed E-state index contributed by atoms with van der Waals surface area (Å²) in [4.78, 5) is 10.7. The van der Waals surface area contributed by atoms with E-state index < -0.39 is 11.4 Å². The minimum Gasteiger partial charge on any atom is -0.478 e. The molecule has 22 heavy (non-hydrogen) atoms. The number of carboxylic acid groups (broad SMARTS) is 1. The Morgan fingerprint density at radius 3 is 1.86 bits per heavy atom. The van der Waals surface area contributed by atoms with Crippen LogP contribution in [0.2, 0.25) is 0 Å². The molecule has 0 aliphatic heterocycles. The molecule has 1 saturated carbocycles. The summed E-state index contributed by atoms with van der Waals surface area (Å²) in [6.07, 6.45) is 3.49. The van der Waals surface area contributed by atoms with Gasteiger partial charge in [-0.1, -0.05) is 30.3 Å². The number of carbonyl (C=O) groups is 1. The van der Waals surface area contributed by atoms with E-state index in [1.807, 2.05) is 0 Å². The Morgan fingerprint density at radius 1 is 1.00 bits per heavy atom. The number of aliphatic carboxylic acids is 1. The normalized spacial score (nSPS) is 19.3. The highest BCUT2D eigenvalue weighted by Crippen LogP contribution is 2.59. The molecule has 0 saturated heterocycles. The number of carboxylic acids is 1. The van der Waals surface area contributed by atoms with E-state index in [4.69, 9.17) is 5.11 Å². The van der Waals surface area contributed by atoms with E-state index in [0.29, 0.717) is 6.42 Å². The topological polar surface area (TPSA) is 37.3 Å². The fourth-order valence-electron chi connectivity index (χ4n) is 3.04. The van der Waals surface area contributed by atoms with Crippen molar-refractivity contribution in [1.29, 1.82) is 0 Å². The fourth-order valence-corrected chi connectivity index (χ4v) is 3.04. The van der Waals surface area contributed by atoms with E-state index in [1.165, 1.54) is 24.3 Å². The molecule has 0 aromatic heterocycles. The molecule has 0 amide bonds. The van der Waals surface area contributed by atoms with Crippen LogP contribution in [-0.2, 0) is 10.2 Å². The number of rotatable bonds is 4. The average molecular weight is 300 g/mol. The highest BCUT2D eigenvalue weighted by atomic mass is 19.1. The smallest absolute Gasteiger partial charge is 0.327 e. The summed E-state index contributed by atoms with van der Waals surface area (Å²) in [6.45, 7) is 0. The van der Waals surface area contributed by atoms with Gasteiger partial charge in [0.2, 0.25) is 0 Å². The van der Waals surface area contributed by atoms with Gasteiger partial charge in [-0.2, -0.15) is 0 Å². The van der Waals surface area contributed by atoms with Crippen LogP contribution < -0.4 is 0 Å². The largest absolute Gasteiger partial charge is 0.478 e. The van der Waals surface area contributed by atoms with Gasteiger partial charge in [0.05, 0.1) is 0 Å². The molecule has 2 aromatic rings. The van der Waals surface area contributed by atoms with Crippen molar-refractivity contribution < 1.29 is 18.7 Å². The van der Waals surface area contributed by atoms with E-state index in [-0.39, 0.29) is 17.6 Å². The Hall–Kier alpha value is -2.49. The lowest BCUT2D eigenvalue weighted by Gasteiger charge is -2.18. The van der Waals surface area contributed by atoms with Crippen molar-refractivity contribution in [1.82, 2.24) is 0 Å². The van der Waals surface area contributed by atoms with E-state index in [9.17, 15) is 13.6 Å². The predicted octanol–water partition coefficient (Wildman–Crippen LogP) is 3.91. The minimum absolute atomic E-state index is 0.000442. The third kappa shape index (κ3) is 2.52. The third-order valence-corrected chi connectivity index (χ3v) is 4.20. The van der Waals surface area contributed by atoms with Crippen molar-refractivity contribution in [3.63, 3.8) is 0 Å². The summed E-state index contributed by atoms with van der Waals surface area (Å²) in [5.74, 6) is -1.65. The zero-order chi connectivity index (χ0) is 15.7. The van der Waals surface area contributed by atoms with Crippen molar-refractivity contribution in [3.8, 4) is 0 Å². The quantitative estimate of drug-likeness (QED) is 0.869. The van der Waals surface area contributed by atoms with Gasteiger partial charge >= 0.3 is 5.97 Å². The number of halogens is 2. The maximum atomic E-state index is 13.2. The molecule has 1 atom stereocenters. The minimum atomic E-state index is -1.00. The van der Waals surface area contributed by atoms with E-state index in [0.717, 1.165) is 17.2 Å². The van der Waals surface area contributed by atoms with E-state index in [1.54, 1.807) is 30.3 Å². The molecule has 1 N–H and O–H groups in total. The van der Waals surface area contributed by atoms with Crippen molar-refractivity contribution in [3.05, 3.63) is 83.4 Å². The number of hydrogen-bond donors (Lipinski definition) is 1. The van der Waals surface area contributed by atoms with Crippen LogP contribution in [0.25, 0.3) is 0 Å². The third-order valence-electron chi connectivity index (χ3n) is 4.20. The van der Waals surface area contributed by atoms with Gasteiger partial charge in [-0.25, -0.2) is 13.6 Å². The molecular weight excluding hydrogens is 286 g/mol. The van der Waals surface area contributed by atoms with Gasteiger partial charge in [-0.05, 0) is 47.7 Å². The first kappa shape index (κ1) is 14.4. The van der Waals surface area contributed by atoms with Gasteiger partial charge in [0.15, 0.2) is 0 Å². The Morgan fingerprint density at radius 2 is 1.45 bits per heavy atom. The fraction of sp³-hybridized carbons (Fsp3) is 0.167. The second kappa shape index (κ2) is 5.37. The molecule has 0 heterocycles. The zero-order valence-electron chi connectivity index (χ0n) is 11.7. The molecule has 0 bridgehead atoms. The molecular formula is C18H14F2O2. The van der Waals surface area contributed by atoms with Gasteiger partial charge in [0.25, 0.3) is 0 Å². The van der Waals surface area contributed by atoms with Crippen molar-refractivity contribution >= 4 is 5.97 Å². The van der Waals surface area contributed by atoms with Crippen molar-refractivity contribution in [2.24, 2.45) is 5.92 Å². The molecule has 112 valence electrons. The van der Waals surface area contributed by atoms with Gasteiger partial charge < -0.3 is 5.11 Å². The standard InChI is InChI=1S/C18H14F2O2/c19-15-6-1-12(2-7-15)18(11-14(18)5-10-17(21)22)13-3-8-16(20)9-4-13/h1-10,14H,11H2,(H,21,22)/t14-/m0/s1. The Labute approximate surface area is 126 Å². The van der Waals surface area contributed by atoms with Crippen LogP contribution in [0.1, 0.15) is 17.5 Å². The van der Waals surface area contributed by atoms with Gasteiger partial charge in [0.1, 0.15) is 11.6 Å². The van der Waals surface area contributed by atoms with Gasteiger partial charge in [0, 0.05) is 11.5 Å². The lowest BCUT2D eigenvalue weighted by atomic mass is 9.85. The molecule has 1 fully saturated rings. The summed E-state index contributed by atoms with van der Waals surface area (Å²) in [5.41, 5.74) is 1.40. The molecule has 0 unspecified atom stereocenters. The summed E-state index contributed by atoms with van der Waals surface area (Å²) in [6, 6.07) is 12.3. The van der Waals surface area contributed by atoms with Gasteiger partial charge in [-0.3, -0.25) is 0 Å². The lowest BCUT2D eigenvalue weighted by Crippen LogP contribution is -2.12. The lowest BCUT2D eigenvalue weighted by molar-refractivity contribution is -0.131. The molecule has 1 aliphatic carbocycles. The first-order valence-electron chi connectivity index (χ1n) is 6.95. The SMILES string of the molecule is O=C(O)C=C[C@H]1CC1(c1ccc(F)cc1)c1ccc(F)cc1. The van der Waals surface area contributed by atoms with Crippen LogP contribution >= 0.6 is 0 Å². The number of benzene rings is 2. The Kier molecular flexibility index (Phi) is 3.53. The molecule has 2 nitrogen and oxygen atoms in total. The summed E-state index contributed by atoms with van der Waals surface area (Å²) in [7, 11) is 0. The van der Waals surface area contributed by atoms with Crippen molar-refractivity contribution in [2.75, 3.05) is 0 Å². The average Bonchev–Trinajstić information content (AvgIpc) is 3.22. The highest BCUT2D eigenvalue weighted by Gasteiger charge is 2.55. The molecule has 4 heteroatoms. The summed E-state index contributed by atoms with van der Waals surface area (Å²) < 4.78 is 26.3. The number of hydrogen-bond acceptors (Lipinski definition) is 1. The summed E-state index contributed by atoms with van der Waals surface area (Å²) in [5, 5.41) is 8.79. The van der Waals surface area contributed by atoms with Gasteiger partial charge in [-0.15, -0.1) is 0 Å². The van der Waals surface area contributed by atoms with Crippen LogP contribution in [0.3, 0.4) is 0 Å². The van der Waals surface area contributed by atoms with Crippen LogP contribution in [0.4, 0.5) is 8.78 Å². The molecule has 0 spiro atoms. The first-order chi connectivity index (χ1) is 10.5. The Bertz CT molecular complexity index is 672. The summed E-state index contributed by atoms with van der Waals surface area (Å²) >= 11 is 0. The van der Waals surface area contributed by atoms with Crippen molar-refractivity contribution in [2.45, 2.75) is 11.8 Å². The molecule has 3 rings (SSSR count). The van der Waals surface area contributed by atoms with Crippen LogP contribution in [0.5, 0.6) is 0 Å².